The van der Waals surface area contributed by atoms with Crippen molar-refractivity contribution in [1.82, 2.24) is 14.4 Å². The first-order chi connectivity index (χ1) is 8.27. The first-order valence-corrected chi connectivity index (χ1v) is 5.48. The molecule has 0 spiro atoms. The summed E-state index contributed by atoms with van der Waals surface area (Å²) < 4.78 is 1.76. The summed E-state index contributed by atoms with van der Waals surface area (Å²) in [6.45, 7) is 0. The first-order valence-electron chi connectivity index (χ1n) is 5.11. The van der Waals surface area contributed by atoms with Crippen LogP contribution >= 0.6 is 11.6 Å². The Labute approximate surface area is 103 Å². The highest BCUT2D eigenvalue weighted by molar-refractivity contribution is 6.33. The van der Waals surface area contributed by atoms with E-state index in [0.29, 0.717) is 22.2 Å². The minimum Gasteiger partial charge on any atom is -0.383 e. The molecule has 84 valence electrons. The first kappa shape index (κ1) is 10.1. The smallest absolute Gasteiger partial charge is 0.158 e. The molecule has 0 unspecified atom stereocenters. The van der Waals surface area contributed by atoms with E-state index in [4.69, 9.17) is 17.3 Å². The number of halogens is 1. The van der Waals surface area contributed by atoms with Crippen LogP contribution in [0.2, 0.25) is 5.02 Å². The number of imidazole rings is 1. The molecule has 0 fully saturated rings. The molecular weight excluding hydrogens is 236 g/mol. The van der Waals surface area contributed by atoms with Crippen molar-refractivity contribution in [2.45, 2.75) is 0 Å². The van der Waals surface area contributed by atoms with E-state index in [-0.39, 0.29) is 0 Å². The van der Waals surface area contributed by atoms with Gasteiger partial charge in [-0.3, -0.25) is 9.38 Å². The predicted octanol–water partition coefficient (Wildman–Crippen LogP) is 2.63. The second-order valence-electron chi connectivity index (χ2n) is 3.61. The van der Waals surface area contributed by atoms with Gasteiger partial charge in [0.25, 0.3) is 0 Å². The van der Waals surface area contributed by atoms with E-state index in [1.54, 1.807) is 16.7 Å². The zero-order valence-corrected chi connectivity index (χ0v) is 9.59. The summed E-state index contributed by atoms with van der Waals surface area (Å²) in [6, 6.07) is 9.23. The molecule has 0 amide bonds. The summed E-state index contributed by atoms with van der Waals surface area (Å²) in [5.74, 6) is 0.543. The van der Waals surface area contributed by atoms with Gasteiger partial charge in [0, 0.05) is 12.4 Å². The highest BCUT2D eigenvalue weighted by atomic mass is 35.5. The fourth-order valence-electron chi connectivity index (χ4n) is 1.74. The summed E-state index contributed by atoms with van der Waals surface area (Å²) in [5, 5.41) is 0.571. The topological polar surface area (TPSA) is 56.2 Å². The summed E-state index contributed by atoms with van der Waals surface area (Å²) in [7, 11) is 0. The zero-order chi connectivity index (χ0) is 11.8. The number of rotatable bonds is 1. The number of aromatic nitrogens is 3. The quantitative estimate of drug-likeness (QED) is 0.716. The number of nitrogen functional groups attached to an aromatic ring is 1. The minimum atomic E-state index is 0.543. The van der Waals surface area contributed by atoms with E-state index in [1.807, 2.05) is 30.5 Å². The van der Waals surface area contributed by atoms with Crippen LogP contribution in [0, 0.1) is 0 Å². The van der Waals surface area contributed by atoms with Gasteiger partial charge in [0.15, 0.2) is 5.65 Å². The molecule has 17 heavy (non-hydrogen) atoms. The fraction of sp³-hybridized carbons (Fsp3) is 0. The fourth-order valence-corrected chi connectivity index (χ4v) is 1.95. The molecule has 0 bridgehead atoms. The van der Waals surface area contributed by atoms with Gasteiger partial charge in [-0.1, -0.05) is 17.7 Å². The highest BCUT2D eigenvalue weighted by Crippen LogP contribution is 2.27. The van der Waals surface area contributed by atoms with Gasteiger partial charge < -0.3 is 5.73 Å². The lowest BCUT2D eigenvalue weighted by Crippen LogP contribution is -1.94. The van der Waals surface area contributed by atoms with Crippen molar-refractivity contribution >= 4 is 23.1 Å². The molecule has 5 heteroatoms. The average Bonchev–Trinajstić information content (AvgIpc) is 2.70. The van der Waals surface area contributed by atoms with Crippen molar-refractivity contribution in [2.75, 3.05) is 5.73 Å². The Bertz CT molecular complexity index is 676. The number of pyridine rings is 2. The van der Waals surface area contributed by atoms with Gasteiger partial charge in [-0.05, 0) is 24.3 Å². The van der Waals surface area contributed by atoms with Gasteiger partial charge in [0.1, 0.15) is 11.5 Å². The Morgan fingerprint density at radius 2 is 2.06 bits per heavy atom. The molecule has 4 nitrogen and oxygen atoms in total. The van der Waals surface area contributed by atoms with Crippen LogP contribution < -0.4 is 5.73 Å². The SMILES string of the molecule is Nc1c(-c2ccccn2)nc2c(Cl)cccn12. The molecule has 3 rings (SSSR count). The van der Waals surface area contributed by atoms with Gasteiger partial charge in [-0.25, -0.2) is 4.98 Å². The van der Waals surface area contributed by atoms with E-state index < -0.39 is 0 Å². The minimum absolute atomic E-state index is 0.543. The molecule has 0 atom stereocenters. The molecule has 3 aromatic rings. The van der Waals surface area contributed by atoms with Gasteiger partial charge in [-0.15, -0.1) is 0 Å². The van der Waals surface area contributed by atoms with Crippen molar-refractivity contribution in [3.05, 3.63) is 47.7 Å². The van der Waals surface area contributed by atoms with Crippen LogP contribution in [-0.2, 0) is 0 Å². The molecule has 0 aliphatic rings. The Morgan fingerprint density at radius 1 is 1.18 bits per heavy atom. The van der Waals surface area contributed by atoms with Gasteiger partial charge >= 0.3 is 0 Å². The monoisotopic (exact) mass is 244 g/mol. The molecule has 0 aromatic carbocycles. The molecule has 0 aliphatic heterocycles. The average molecular weight is 245 g/mol. The number of nitrogens with zero attached hydrogens (tertiary/aromatic N) is 3. The summed E-state index contributed by atoms with van der Waals surface area (Å²) in [5.41, 5.74) is 8.08. The molecule has 0 radical (unpaired) electrons. The van der Waals surface area contributed by atoms with Crippen molar-refractivity contribution in [3.8, 4) is 11.4 Å². The molecule has 0 saturated heterocycles. The van der Waals surface area contributed by atoms with E-state index >= 15 is 0 Å². The summed E-state index contributed by atoms with van der Waals surface area (Å²) >= 11 is 6.07. The van der Waals surface area contributed by atoms with E-state index in [0.717, 1.165) is 5.69 Å². The molecule has 3 aromatic heterocycles. The van der Waals surface area contributed by atoms with Gasteiger partial charge in [0.2, 0.25) is 0 Å². The maximum absolute atomic E-state index is 6.07. The Morgan fingerprint density at radius 3 is 2.76 bits per heavy atom. The normalized spacial score (nSPS) is 10.9. The lowest BCUT2D eigenvalue weighted by molar-refractivity contribution is 1.20. The van der Waals surface area contributed by atoms with Crippen LogP contribution in [0.3, 0.4) is 0 Å². The summed E-state index contributed by atoms with van der Waals surface area (Å²) in [4.78, 5) is 8.66. The number of anilines is 1. The van der Waals surface area contributed by atoms with Gasteiger partial charge in [0.05, 0.1) is 10.7 Å². The maximum atomic E-state index is 6.07. The predicted molar refractivity (Wildman–Crippen MR) is 67.8 cm³/mol. The van der Waals surface area contributed by atoms with Crippen LogP contribution in [0.25, 0.3) is 17.0 Å². The van der Waals surface area contributed by atoms with Crippen molar-refractivity contribution in [1.29, 1.82) is 0 Å². The van der Waals surface area contributed by atoms with Crippen LogP contribution in [0.5, 0.6) is 0 Å². The third kappa shape index (κ3) is 1.54. The third-order valence-electron chi connectivity index (χ3n) is 2.55. The van der Waals surface area contributed by atoms with E-state index in [1.165, 1.54) is 0 Å². The molecule has 0 saturated carbocycles. The largest absolute Gasteiger partial charge is 0.383 e. The third-order valence-corrected chi connectivity index (χ3v) is 2.84. The Balaban J connectivity index is 2.32. The molecular formula is C12H9ClN4. The standard InChI is InChI=1S/C12H9ClN4/c13-8-4-3-7-17-11(14)10(16-12(8)17)9-5-1-2-6-15-9/h1-7H,14H2. The summed E-state index contributed by atoms with van der Waals surface area (Å²) in [6.07, 6.45) is 3.54. The van der Waals surface area contributed by atoms with Crippen molar-refractivity contribution in [3.63, 3.8) is 0 Å². The molecule has 0 aliphatic carbocycles. The number of hydrogen-bond donors (Lipinski definition) is 1. The van der Waals surface area contributed by atoms with Crippen LogP contribution in [0.4, 0.5) is 5.82 Å². The second kappa shape index (κ2) is 3.75. The second-order valence-corrected chi connectivity index (χ2v) is 4.02. The van der Waals surface area contributed by atoms with Gasteiger partial charge in [-0.2, -0.15) is 0 Å². The maximum Gasteiger partial charge on any atom is 0.158 e. The Kier molecular flexibility index (Phi) is 2.23. The number of hydrogen-bond acceptors (Lipinski definition) is 3. The number of nitrogens with two attached hydrogens (primary N) is 1. The zero-order valence-electron chi connectivity index (χ0n) is 8.84. The van der Waals surface area contributed by atoms with Crippen LogP contribution in [0.1, 0.15) is 0 Å². The van der Waals surface area contributed by atoms with E-state index in [2.05, 4.69) is 9.97 Å². The molecule has 3 heterocycles. The highest BCUT2D eigenvalue weighted by Gasteiger charge is 2.13. The van der Waals surface area contributed by atoms with Crippen LogP contribution in [0.15, 0.2) is 42.7 Å². The van der Waals surface area contributed by atoms with Crippen molar-refractivity contribution in [2.24, 2.45) is 0 Å². The number of fused-ring (bicyclic) bond motifs is 1. The van der Waals surface area contributed by atoms with Crippen molar-refractivity contribution < 1.29 is 0 Å². The lowest BCUT2D eigenvalue weighted by Gasteiger charge is -1.97. The lowest BCUT2D eigenvalue weighted by atomic mass is 10.3. The Hall–Kier alpha value is -2.07. The van der Waals surface area contributed by atoms with E-state index in [9.17, 15) is 0 Å². The van der Waals surface area contributed by atoms with Crippen LogP contribution in [-0.4, -0.2) is 14.4 Å². The molecule has 2 N–H and O–H groups in total.